The van der Waals surface area contributed by atoms with E-state index in [-0.39, 0.29) is 5.12 Å². The lowest BCUT2D eigenvalue weighted by molar-refractivity contribution is -0.173. The van der Waals surface area contributed by atoms with Crippen LogP contribution in [0.15, 0.2) is 30.3 Å². The molecule has 1 aromatic rings. The van der Waals surface area contributed by atoms with Crippen LogP contribution in [0.25, 0.3) is 0 Å². The summed E-state index contributed by atoms with van der Waals surface area (Å²) in [4.78, 5) is 23.6. The van der Waals surface area contributed by atoms with Gasteiger partial charge in [-0.1, -0.05) is 30.3 Å². The van der Waals surface area contributed by atoms with Crippen LogP contribution in [-0.4, -0.2) is 62.7 Å². The van der Waals surface area contributed by atoms with Gasteiger partial charge in [-0.2, -0.15) is 0 Å². The fraction of sp³-hybridized carbons (Fsp3) is 0.467. The number of carbonyl (C=O) groups excluding carboxylic acids is 2. The van der Waals surface area contributed by atoms with Gasteiger partial charge in [0.25, 0.3) is 0 Å². The zero-order valence-electron chi connectivity index (χ0n) is 12.5. The number of aliphatic hydroxyl groups is 3. The first-order valence-electron chi connectivity index (χ1n) is 7.09. The first-order valence-corrected chi connectivity index (χ1v) is 7.97. The van der Waals surface area contributed by atoms with Crippen molar-refractivity contribution in [1.29, 1.82) is 0 Å². The number of hydrogen-bond donors (Lipinski definition) is 4. The molecular formula is C15H19NO6S. The molecule has 8 heteroatoms. The van der Waals surface area contributed by atoms with E-state index in [2.05, 4.69) is 5.32 Å². The maximum absolute atomic E-state index is 12.3. The minimum atomic E-state index is -1.36. The summed E-state index contributed by atoms with van der Waals surface area (Å²) >= 11 is 0.791. The molecule has 126 valence electrons. The van der Waals surface area contributed by atoms with Gasteiger partial charge < -0.3 is 25.4 Å². The van der Waals surface area contributed by atoms with E-state index in [1.807, 2.05) is 0 Å². The Morgan fingerprint density at radius 2 is 1.87 bits per heavy atom. The number of hydrogen-bond acceptors (Lipinski definition) is 7. The van der Waals surface area contributed by atoms with Crippen LogP contribution in [0.5, 0.6) is 0 Å². The first-order chi connectivity index (χ1) is 10.9. The number of benzene rings is 1. The molecule has 1 amide bonds. The highest BCUT2D eigenvalue weighted by atomic mass is 32.2. The van der Waals surface area contributed by atoms with Crippen molar-refractivity contribution in [2.75, 3.05) is 6.61 Å². The molecule has 0 aliphatic carbocycles. The number of aliphatic hydroxyl groups excluding tert-OH is 3. The third kappa shape index (κ3) is 4.30. The molecule has 1 heterocycles. The molecule has 4 N–H and O–H groups in total. The summed E-state index contributed by atoms with van der Waals surface area (Å²) in [5.41, 5.74) is -0.481. The summed E-state index contributed by atoms with van der Waals surface area (Å²) in [5, 5.41) is 31.5. The van der Waals surface area contributed by atoms with E-state index in [1.54, 1.807) is 30.3 Å². The minimum Gasteiger partial charge on any atom is -0.394 e. The number of amides is 1. The van der Waals surface area contributed by atoms with Crippen molar-refractivity contribution in [3.63, 3.8) is 0 Å². The summed E-state index contributed by atoms with van der Waals surface area (Å²) < 4.78 is 5.49. The Kier molecular flexibility index (Phi) is 6.14. The van der Waals surface area contributed by atoms with Crippen LogP contribution in [-0.2, 0) is 9.53 Å². The maximum Gasteiger partial charge on any atom is 0.221 e. The molecule has 0 radical (unpaired) electrons. The van der Waals surface area contributed by atoms with Crippen molar-refractivity contribution in [1.82, 2.24) is 5.32 Å². The Morgan fingerprint density at radius 3 is 2.43 bits per heavy atom. The van der Waals surface area contributed by atoms with E-state index < -0.39 is 42.3 Å². The number of rotatable bonds is 4. The lowest BCUT2D eigenvalue weighted by Crippen LogP contribution is -2.63. The summed E-state index contributed by atoms with van der Waals surface area (Å²) in [6.45, 7) is 0.750. The lowest BCUT2D eigenvalue weighted by atomic mass is 9.98. The van der Waals surface area contributed by atoms with E-state index in [4.69, 9.17) is 4.74 Å². The molecule has 0 aromatic heterocycles. The van der Waals surface area contributed by atoms with Gasteiger partial charge in [0.1, 0.15) is 23.7 Å². The molecule has 0 bridgehead atoms. The highest BCUT2D eigenvalue weighted by Gasteiger charge is 2.45. The van der Waals surface area contributed by atoms with Gasteiger partial charge in [-0.3, -0.25) is 9.59 Å². The molecule has 1 aliphatic heterocycles. The Balaban J connectivity index is 2.17. The summed E-state index contributed by atoms with van der Waals surface area (Å²) in [7, 11) is 0. The average Bonchev–Trinajstić information content (AvgIpc) is 2.54. The standard InChI is InChI=1S/C15H19NO6S/c1-8(18)16-11-13(20)12(19)10(7-17)22-15(11)23-14(21)9-5-3-2-4-6-9/h2-6,10-13,15,17,19-20H,7H2,1H3,(H,16,18)/t10-,11-,12-,13-,15+/m1/s1. The maximum atomic E-state index is 12.3. The van der Waals surface area contributed by atoms with Crippen molar-refractivity contribution < 1.29 is 29.6 Å². The summed E-state index contributed by atoms with van der Waals surface area (Å²) in [6, 6.07) is 7.52. The van der Waals surface area contributed by atoms with Gasteiger partial charge in [0.2, 0.25) is 11.0 Å². The predicted molar refractivity (Wildman–Crippen MR) is 83.7 cm³/mol. The number of nitrogens with one attached hydrogen (secondary N) is 1. The minimum absolute atomic E-state index is 0.300. The van der Waals surface area contributed by atoms with Gasteiger partial charge in [-0.05, 0) is 11.8 Å². The molecule has 1 aromatic carbocycles. The molecule has 1 aliphatic rings. The smallest absolute Gasteiger partial charge is 0.221 e. The van der Waals surface area contributed by atoms with Crippen LogP contribution >= 0.6 is 11.8 Å². The molecule has 23 heavy (non-hydrogen) atoms. The van der Waals surface area contributed by atoms with Crippen LogP contribution in [0.3, 0.4) is 0 Å². The van der Waals surface area contributed by atoms with Crippen LogP contribution in [0.1, 0.15) is 17.3 Å². The van der Waals surface area contributed by atoms with Crippen LogP contribution in [0.2, 0.25) is 0 Å². The lowest BCUT2D eigenvalue weighted by Gasteiger charge is -2.41. The molecule has 5 atom stereocenters. The largest absolute Gasteiger partial charge is 0.394 e. The molecule has 7 nitrogen and oxygen atoms in total. The summed E-state index contributed by atoms with van der Waals surface area (Å²) in [6.07, 6.45) is -3.75. The Labute approximate surface area is 137 Å². The quantitative estimate of drug-likeness (QED) is 0.584. The zero-order valence-corrected chi connectivity index (χ0v) is 13.3. The molecule has 0 saturated carbocycles. The molecule has 2 rings (SSSR count). The van der Waals surface area contributed by atoms with Gasteiger partial charge in [0.15, 0.2) is 0 Å². The van der Waals surface area contributed by atoms with Crippen molar-refractivity contribution in [3.05, 3.63) is 35.9 Å². The van der Waals surface area contributed by atoms with Crippen LogP contribution in [0.4, 0.5) is 0 Å². The van der Waals surface area contributed by atoms with E-state index in [0.717, 1.165) is 11.8 Å². The number of ether oxygens (including phenoxy) is 1. The van der Waals surface area contributed by atoms with Gasteiger partial charge in [0, 0.05) is 12.5 Å². The highest BCUT2D eigenvalue weighted by Crippen LogP contribution is 2.30. The Morgan fingerprint density at radius 1 is 1.22 bits per heavy atom. The van der Waals surface area contributed by atoms with E-state index in [9.17, 15) is 24.9 Å². The van der Waals surface area contributed by atoms with Gasteiger partial charge in [0.05, 0.1) is 12.6 Å². The van der Waals surface area contributed by atoms with Crippen molar-refractivity contribution in [2.24, 2.45) is 0 Å². The SMILES string of the molecule is CC(=O)N[C@@H]1[C@@H](O)[C@H](O)[C@@H](CO)O[C@H]1SC(=O)c1ccccc1. The Bertz CT molecular complexity index is 554. The normalized spacial score (nSPS) is 30.7. The molecule has 0 spiro atoms. The monoisotopic (exact) mass is 341 g/mol. The first kappa shape index (κ1) is 17.9. The van der Waals surface area contributed by atoms with Gasteiger partial charge in [-0.25, -0.2) is 0 Å². The van der Waals surface area contributed by atoms with Crippen LogP contribution < -0.4 is 5.32 Å². The fourth-order valence-corrected chi connectivity index (χ4v) is 3.38. The number of carbonyl (C=O) groups is 2. The zero-order chi connectivity index (χ0) is 17.0. The van der Waals surface area contributed by atoms with Crippen molar-refractivity contribution >= 4 is 22.8 Å². The second kappa shape index (κ2) is 7.89. The molecule has 1 saturated heterocycles. The second-order valence-corrected chi connectivity index (χ2v) is 6.28. The second-order valence-electron chi connectivity index (χ2n) is 5.20. The third-order valence-electron chi connectivity index (χ3n) is 3.48. The predicted octanol–water partition coefficient (Wildman–Crippen LogP) is -0.496. The van der Waals surface area contributed by atoms with E-state index >= 15 is 0 Å². The van der Waals surface area contributed by atoms with E-state index in [0.29, 0.717) is 5.56 Å². The fourth-order valence-electron chi connectivity index (χ4n) is 2.32. The van der Waals surface area contributed by atoms with Gasteiger partial charge >= 0.3 is 0 Å². The van der Waals surface area contributed by atoms with E-state index in [1.165, 1.54) is 6.92 Å². The topological polar surface area (TPSA) is 116 Å². The Hall–Kier alpha value is -1.45. The van der Waals surface area contributed by atoms with Crippen molar-refractivity contribution in [2.45, 2.75) is 36.7 Å². The third-order valence-corrected chi connectivity index (χ3v) is 4.57. The highest BCUT2D eigenvalue weighted by molar-refractivity contribution is 8.14. The molecule has 1 fully saturated rings. The number of thioether (sulfide) groups is 1. The van der Waals surface area contributed by atoms with Gasteiger partial charge in [-0.15, -0.1) is 0 Å². The summed E-state index contributed by atoms with van der Waals surface area (Å²) in [5.74, 6) is -0.426. The molecule has 0 unspecified atom stereocenters. The average molecular weight is 341 g/mol. The molecular weight excluding hydrogens is 322 g/mol. The van der Waals surface area contributed by atoms with Crippen LogP contribution in [0, 0.1) is 0 Å². The van der Waals surface area contributed by atoms with Crippen molar-refractivity contribution in [3.8, 4) is 0 Å².